The highest BCUT2D eigenvalue weighted by Gasteiger charge is 2.60. The van der Waals surface area contributed by atoms with Crippen molar-refractivity contribution in [2.24, 2.45) is 13.0 Å². The number of hydrogen-bond donors (Lipinski definition) is 1. The van der Waals surface area contributed by atoms with Crippen LogP contribution in [0.1, 0.15) is 123 Å². The molecule has 378 valence electrons. The van der Waals surface area contributed by atoms with Crippen molar-refractivity contribution in [1.82, 2.24) is 53.2 Å². The van der Waals surface area contributed by atoms with E-state index in [1.807, 2.05) is 22.5 Å². The average Bonchev–Trinajstić information content (AvgIpc) is 4.00. The van der Waals surface area contributed by atoms with Gasteiger partial charge in [-0.2, -0.15) is 10.2 Å². The molecule has 73 heavy (non-hydrogen) atoms. The Labute approximate surface area is 417 Å². The van der Waals surface area contributed by atoms with Gasteiger partial charge in [-0.25, -0.2) is 23.1 Å². The number of halogens is 2. The number of piperidine rings is 1. The summed E-state index contributed by atoms with van der Waals surface area (Å²) in [7, 11) is 1.71. The van der Waals surface area contributed by atoms with Crippen molar-refractivity contribution in [3.05, 3.63) is 139 Å². The number of hydrogen-bond acceptors (Lipinski definition) is 9. The predicted octanol–water partition coefficient (Wildman–Crippen LogP) is 7.78. The zero-order valence-electron chi connectivity index (χ0n) is 42.1. The minimum atomic E-state index is -0.947. The topological polar surface area (TPSA) is 176 Å². The number of rotatable bonds is 7. The number of likely N-dealkylation sites (tertiary alicyclic amines) is 1. The van der Waals surface area contributed by atoms with Gasteiger partial charge in [0.15, 0.2) is 11.6 Å². The number of ether oxygens (including phenoxy) is 1. The largest absolute Gasteiger partial charge is 0.438 e. The molecular weight excluding hydrogens is 937 g/mol. The first-order valence-electron chi connectivity index (χ1n) is 25.0. The van der Waals surface area contributed by atoms with Crippen LogP contribution in [0.2, 0.25) is 0 Å². The van der Waals surface area contributed by atoms with Gasteiger partial charge in [0.1, 0.15) is 22.9 Å². The third-order valence-corrected chi connectivity index (χ3v) is 16.6. The zero-order chi connectivity index (χ0) is 51.2. The molecule has 12 rings (SSSR count). The number of aryl methyl sites for hydroxylation is 3. The minimum absolute atomic E-state index is 0.0107. The highest BCUT2D eigenvalue weighted by atomic mass is 19.1. The van der Waals surface area contributed by atoms with E-state index in [1.165, 1.54) is 34.5 Å². The summed E-state index contributed by atoms with van der Waals surface area (Å²) in [6.45, 7) is 14.6. The Bertz CT molecular complexity index is 3720. The molecule has 8 heterocycles. The molecule has 5 atom stereocenters. The first-order chi connectivity index (χ1) is 34.8. The summed E-state index contributed by atoms with van der Waals surface area (Å²) in [5.74, 6) is -1.39. The Morgan fingerprint density at radius 1 is 0.918 bits per heavy atom. The van der Waals surface area contributed by atoms with E-state index in [4.69, 9.17) is 14.4 Å². The highest BCUT2D eigenvalue weighted by molar-refractivity contribution is 6.00. The smallest absolute Gasteiger partial charge is 0.376 e. The summed E-state index contributed by atoms with van der Waals surface area (Å²) >= 11 is 0. The lowest BCUT2D eigenvalue weighted by molar-refractivity contribution is -0.131. The normalized spacial score (nSPS) is 23.7. The van der Waals surface area contributed by atoms with Crippen LogP contribution in [-0.4, -0.2) is 96.9 Å². The van der Waals surface area contributed by atoms with Crippen LogP contribution in [0.25, 0.3) is 39.0 Å². The summed E-state index contributed by atoms with van der Waals surface area (Å²) in [5, 5.41) is 14.9. The quantitative estimate of drug-likeness (QED) is 0.167. The second kappa shape index (κ2) is 16.3. The van der Waals surface area contributed by atoms with Crippen molar-refractivity contribution < 1.29 is 27.6 Å². The molecule has 2 amide bonds. The second-order valence-corrected chi connectivity index (χ2v) is 21.7. The van der Waals surface area contributed by atoms with Gasteiger partial charge in [-0.1, -0.05) is 18.1 Å². The molecule has 17 nitrogen and oxygen atoms in total. The average molecular weight is 994 g/mol. The molecule has 1 unspecified atom stereocenters. The Morgan fingerprint density at radius 3 is 2.36 bits per heavy atom. The van der Waals surface area contributed by atoms with Gasteiger partial charge in [0.05, 0.1) is 51.2 Å². The second-order valence-electron chi connectivity index (χ2n) is 21.7. The van der Waals surface area contributed by atoms with E-state index in [0.29, 0.717) is 77.5 Å². The molecule has 1 spiro atoms. The fraction of sp³-hybridized carbons (Fsp3) is 0.426. The number of fused-ring (bicyclic) bond motifs is 4. The lowest BCUT2D eigenvalue weighted by Crippen LogP contribution is -2.58. The number of benzene rings is 3. The lowest BCUT2D eigenvalue weighted by atomic mass is 9.71. The van der Waals surface area contributed by atoms with Crippen LogP contribution in [0.3, 0.4) is 0 Å². The Hall–Kier alpha value is -7.41. The molecule has 8 aromatic rings. The summed E-state index contributed by atoms with van der Waals surface area (Å²) in [6, 6.07) is 14.1. The molecular formula is C54H57F2N11O6. The molecule has 2 saturated heterocycles. The summed E-state index contributed by atoms with van der Waals surface area (Å²) in [5.41, 5.74) is 2.39. The summed E-state index contributed by atoms with van der Waals surface area (Å²) < 4.78 is 51.0. The molecule has 1 aliphatic carbocycles. The Morgan fingerprint density at radius 2 is 1.66 bits per heavy atom. The van der Waals surface area contributed by atoms with E-state index in [-0.39, 0.29) is 65.0 Å². The number of carbonyl (C=O) groups excluding carboxylic acids is 2. The Kier molecular flexibility index (Phi) is 10.4. The van der Waals surface area contributed by atoms with Crippen molar-refractivity contribution >= 4 is 33.6 Å². The van der Waals surface area contributed by atoms with Crippen LogP contribution in [0.15, 0.2) is 81.2 Å². The molecule has 0 bridgehead atoms. The first-order valence-corrected chi connectivity index (χ1v) is 25.0. The molecule has 0 radical (unpaired) electrons. The summed E-state index contributed by atoms with van der Waals surface area (Å²) in [4.78, 5) is 63.9. The molecule has 3 aromatic carbocycles. The number of nitrogens with zero attached hydrogens (tertiary/aromatic N) is 10. The standard InChI is InChI=1S/C54H57F2N11O6/c1-29-20-37(21-30(2)44(29)55)67-47(64-18-17-63(51(64)71)41-13-12-40-38(45(41)56)26-57-61(40)8)43-32(4)65(28-53(46(43)59-67)15-9-16-62(27-53)33(5)68)48(69)42-23-36-22-34(35-14-19-72-52(6,7)25-35)10-11-39(36)66(42)54(24-31(54)3)49-58-50(70)73-60-49/h10-13,17-18,20-23,26,31-32,35H,9,14-16,19,24-25,27-28H2,1-8H3,(H,58,60,70)/t31-,32-,35-,53?,54-/m0/s1. The van der Waals surface area contributed by atoms with E-state index in [2.05, 4.69) is 54.2 Å². The molecule has 3 aliphatic heterocycles. The fourth-order valence-electron chi connectivity index (χ4n) is 12.7. The van der Waals surface area contributed by atoms with Gasteiger partial charge in [-0.3, -0.25) is 32.9 Å². The number of H-pyrrole nitrogens is 1. The number of aromatic amines is 1. The molecule has 5 aromatic heterocycles. The molecule has 1 N–H and O–H groups in total. The van der Waals surface area contributed by atoms with Gasteiger partial charge in [0.2, 0.25) is 5.91 Å². The molecule has 19 heteroatoms. The predicted molar refractivity (Wildman–Crippen MR) is 267 cm³/mol. The van der Waals surface area contributed by atoms with Crippen LogP contribution < -0.4 is 11.4 Å². The SMILES string of the molecule is CC(=O)N1CCCC2(C1)CN(C(=O)c1cc3cc([C@H]4CCOC(C)(C)C4)ccc3n1[C@@]1(c3noc(=O)[nH]3)C[C@@H]1C)[C@@H](C)c1c2nn(-c2cc(C)c(F)c(C)c2)c1-n1ccn(-c2ccc3c(cnn3C)c2F)c1=O. The van der Waals surface area contributed by atoms with Crippen molar-refractivity contribution in [2.45, 2.75) is 109 Å². The third kappa shape index (κ3) is 7.04. The van der Waals surface area contributed by atoms with Crippen LogP contribution in [0.4, 0.5) is 8.78 Å². The summed E-state index contributed by atoms with van der Waals surface area (Å²) in [6.07, 6.45) is 7.86. The number of imidazole rings is 1. The highest BCUT2D eigenvalue weighted by Crippen LogP contribution is 2.56. The van der Waals surface area contributed by atoms with E-state index in [1.54, 1.807) is 59.6 Å². The van der Waals surface area contributed by atoms with E-state index in [0.717, 1.165) is 29.3 Å². The van der Waals surface area contributed by atoms with Crippen molar-refractivity contribution in [3.63, 3.8) is 0 Å². The number of amides is 2. The van der Waals surface area contributed by atoms with Gasteiger partial charge in [-0.05, 0) is 138 Å². The molecule has 3 fully saturated rings. The van der Waals surface area contributed by atoms with Crippen molar-refractivity contribution in [1.29, 1.82) is 0 Å². The number of carbonyl (C=O) groups is 2. The van der Waals surface area contributed by atoms with Crippen molar-refractivity contribution in [3.8, 4) is 17.2 Å². The van der Waals surface area contributed by atoms with E-state index in [9.17, 15) is 9.59 Å². The number of aromatic nitrogens is 9. The number of nitrogens with one attached hydrogen (secondary N) is 1. The van der Waals surface area contributed by atoms with Gasteiger partial charge < -0.3 is 19.1 Å². The van der Waals surface area contributed by atoms with Crippen LogP contribution >= 0.6 is 0 Å². The maximum Gasteiger partial charge on any atom is 0.438 e. The van der Waals surface area contributed by atoms with E-state index >= 15 is 18.4 Å². The van der Waals surface area contributed by atoms with Gasteiger partial charge in [0, 0.05) is 69.1 Å². The fourth-order valence-corrected chi connectivity index (χ4v) is 12.7. The van der Waals surface area contributed by atoms with Crippen LogP contribution in [-0.2, 0) is 27.5 Å². The van der Waals surface area contributed by atoms with Gasteiger partial charge in [-0.15, -0.1) is 0 Å². The van der Waals surface area contributed by atoms with Gasteiger partial charge >= 0.3 is 11.4 Å². The zero-order valence-corrected chi connectivity index (χ0v) is 42.1. The Balaban J connectivity index is 1.08. The van der Waals surface area contributed by atoms with E-state index < -0.39 is 34.3 Å². The monoisotopic (exact) mass is 993 g/mol. The maximum atomic E-state index is 16.4. The third-order valence-electron chi connectivity index (χ3n) is 16.6. The van der Waals surface area contributed by atoms with Gasteiger partial charge in [0.25, 0.3) is 5.91 Å². The minimum Gasteiger partial charge on any atom is -0.376 e. The van der Waals surface area contributed by atoms with Crippen LogP contribution in [0, 0.1) is 31.4 Å². The maximum absolute atomic E-state index is 16.4. The molecule has 1 saturated carbocycles. The lowest BCUT2D eigenvalue weighted by Gasteiger charge is -2.49. The molecule has 4 aliphatic rings. The first kappa shape index (κ1) is 46.6. The van der Waals surface area contributed by atoms with Crippen LogP contribution in [0.5, 0.6) is 0 Å². The van der Waals surface area contributed by atoms with Crippen molar-refractivity contribution in [2.75, 3.05) is 26.2 Å².